The summed E-state index contributed by atoms with van der Waals surface area (Å²) in [6.07, 6.45) is 6.21. The quantitative estimate of drug-likeness (QED) is 0.583. The van der Waals surface area contributed by atoms with Gasteiger partial charge in [-0.25, -0.2) is 13.6 Å². The molecule has 0 saturated carbocycles. The molecule has 0 saturated heterocycles. The lowest BCUT2D eigenvalue weighted by Crippen LogP contribution is -2.32. The summed E-state index contributed by atoms with van der Waals surface area (Å²) in [6.45, 7) is 1.41. The van der Waals surface area contributed by atoms with E-state index in [-0.39, 0.29) is 29.4 Å². The van der Waals surface area contributed by atoms with Crippen molar-refractivity contribution in [2.45, 2.75) is 37.1 Å². The Balaban J connectivity index is 1.83. The summed E-state index contributed by atoms with van der Waals surface area (Å²) in [5, 5.41) is 7.74. The molecule has 136 valence electrons. The van der Waals surface area contributed by atoms with Crippen LogP contribution < -0.4 is 10.5 Å². The molecule has 1 aromatic rings. The van der Waals surface area contributed by atoms with Crippen LogP contribution in [-0.2, 0) is 24.3 Å². The van der Waals surface area contributed by atoms with Crippen molar-refractivity contribution in [2.75, 3.05) is 6.61 Å². The fourth-order valence-corrected chi connectivity index (χ4v) is 3.09. The molecular weight excluding hydrogens is 344 g/mol. The average molecular weight is 366 g/mol. The summed E-state index contributed by atoms with van der Waals surface area (Å²) < 4.78 is 27.5. The Morgan fingerprint density at radius 1 is 1.28 bits per heavy atom. The number of hydrogen-bond donors (Lipinski definition) is 2. The van der Waals surface area contributed by atoms with Gasteiger partial charge < -0.3 is 10.1 Å². The van der Waals surface area contributed by atoms with Crippen molar-refractivity contribution in [3.8, 4) is 0 Å². The summed E-state index contributed by atoms with van der Waals surface area (Å²) in [5.74, 6) is -0.951. The van der Waals surface area contributed by atoms with Crippen LogP contribution in [0.15, 0.2) is 41.3 Å². The maximum atomic E-state index is 11.9. The maximum absolute atomic E-state index is 11.9. The molecule has 0 heterocycles. The Kier molecular flexibility index (Phi) is 6.33. The van der Waals surface area contributed by atoms with Gasteiger partial charge in [0.2, 0.25) is 10.0 Å². The van der Waals surface area contributed by atoms with Crippen molar-refractivity contribution in [3.05, 3.63) is 42.0 Å². The van der Waals surface area contributed by atoms with Crippen molar-refractivity contribution in [3.63, 3.8) is 0 Å². The number of rotatable bonds is 6. The van der Waals surface area contributed by atoms with Crippen molar-refractivity contribution in [1.29, 1.82) is 0 Å². The molecule has 0 radical (unpaired) electrons. The first-order valence-electron chi connectivity index (χ1n) is 8.01. The number of ether oxygens (including phenoxy) is 1. The highest BCUT2D eigenvalue weighted by atomic mass is 32.2. The Morgan fingerprint density at radius 3 is 2.52 bits per heavy atom. The highest BCUT2D eigenvalue weighted by Gasteiger charge is 2.21. The van der Waals surface area contributed by atoms with Crippen LogP contribution in [0.5, 0.6) is 0 Å². The van der Waals surface area contributed by atoms with Crippen LogP contribution in [0.25, 0.3) is 0 Å². The number of hydrogen-bond acceptors (Lipinski definition) is 5. The minimum atomic E-state index is -3.75. The van der Waals surface area contributed by atoms with Crippen molar-refractivity contribution >= 4 is 21.9 Å². The number of nitrogens with two attached hydrogens (primary N) is 1. The third kappa shape index (κ3) is 5.68. The lowest BCUT2D eigenvalue weighted by Gasteiger charge is -2.18. The lowest BCUT2D eigenvalue weighted by atomic mass is 9.95. The fraction of sp³-hybridized carbons (Fsp3) is 0.412. The predicted octanol–water partition coefficient (Wildman–Crippen LogP) is 1.41. The summed E-state index contributed by atoms with van der Waals surface area (Å²) in [7, 11) is -3.75. The predicted molar refractivity (Wildman–Crippen MR) is 91.8 cm³/mol. The van der Waals surface area contributed by atoms with Gasteiger partial charge in [-0.05, 0) is 43.9 Å². The molecule has 0 aromatic heterocycles. The fourth-order valence-electron chi connectivity index (χ4n) is 2.57. The van der Waals surface area contributed by atoms with Crippen LogP contribution in [0.3, 0.4) is 0 Å². The molecule has 0 spiro atoms. The average Bonchev–Trinajstić information content (AvgIpc) is 2.59. The van der Waals surface area contributed by atoms with Gasteiger partial charge in [-0.3, -0.25) is 9.59 Å². The highest BCUT2D eigenvalue weighted by molar-refractivity contribution is 7.89. The van der Waals surface area contributed by atoms with Gasteiger partial charge in [0.05, 0.1) is 16.9 Å². The highest BCUT2D eigenvalue weighted by Crippen LogP contribution is 2.19. The third-order valence-electron chi connectivity index (χ3n) is 4.03. The number of carbonyl (C=O) groups is 2. The summed E-state index contributed by atoms with van der Waals surface area (Å²) in [6, 6.07) is 5.54. The molecule has 0 unspecified atom stereocenters. The number of sulfonamides is 1. The standard InChI is InChI=1S/C17H22N2O5S/c1-12(13-7-9-15(10-8-13)25(18,22)23)19-16(20)11-24-17(21)14-5-3-2-4-6-14/h2-3,7-10,12,14H,4-6,11H2,1H3,(H,19,20)(H2,18,22,23)/t12-,14+/m0/s1. The van der Waals surface area contributed by atoms with Crippen molar-refractivity contribution in [2.24, 2.45) is 11.1 Å². The van der Waals surface area contributed by atoms with Gasteiger partial charge >= 0.3 is 5.97 Å². The van der Waals surface area contributed by atoms with Gasteiger partial charge in [0, 0.05) is 0 Å². The molecule has 0 aliphatic heterocycles. The number of primary sulfonamides is 1. The first-order valence-corrected chi connectivity index (χ1v) is 9.56. The molecule has 1 aliphatic rings. The lowest BCUT2D eigenvalue weighted by molar-refractivity contribution is -0.153. The maximum Gasteiger partial charge on any atom is 0.309 e. The zero-order valence-electron chi connectivity index (χ0n) is 14.0. The molecule has 1 aliphatic carbocycles. The molecular formula is C17H22N2O5S. The molecule has 2 atom stereocenters. The monoisotopic (exact) mass is 366 g/mol. The van der Waals surface area contributed by atoms with Crippen LogP contribution in [-0.4, -0.2) is 26.9 Å². The molecule has 0 fully saturated rings. The van der Waals surface area contributed by atoms with Gasteiger partial charge in [0.25, 0.3) is 5.91 Å². The Labute approximate surface area is 147 Å². The molecule has 1 aromatic carbocycles. The molecule has 0 bridgehead atoms. The Hall–Kier alpha value is -2.19. The Bertz CT molecular complexity index is 756. The second-order valence-electron chi connectivity index (χ2n) is 5.99. The van der Waals surface area contributed by atoms with E-state index in [4.69, 9.17) is 9.88 Å². The third-order valence-corrected chi connectivity index (χ3v) is 4.96. The molecule has 1 amide bonds. The molecule has 7 nitrogen and oxygen atoms in total. The van der Waals surface area contributed by atoms with Crippen LogP contribution in [0, 0.1) is 5.92 Å². The summed E-state index contributed by atoms with van der Waals surface area (Å²) >= 11 is 0. The SMILES string of the molecule is C[C@H](NC(=O)COC(=O)[C@@H]1CC=CCC1)c1ccc(S(N)(=O)=O)cc1. The van der Waals surface area contributed by atoms with E-state index < -0.39 is 15.9 Å². The summed E-state index contributed by atoms with van der Waals surface area (Å²) in [5.41, 5.74) is 0.712. The first-order chi connectivity index (χ1) is 11.8. The molecule has 8 heteroatoms. The van der Waals surface area contributed by atoms with Gasteiger partial charge in [-0.1, -0.05) is 24.3 Å². The van der Waals surface area contributed by atoms with E-state index in [1.165, 1.54) is 12.1 Å². The molecule has 25 heavy (non-hydrogen) atoms. The van der Waals surface area contributed by atoms with Gasteiger partial charge in [-0.15, -0.1) is 0 Å². The zero-order valence-corrected chi connectivity index (χ0v) is 14.8. The van der Waals surface area contributed by atoms with E-state index in [9.17, 15) is 18.0 Å². The Morgan fingerprint density at radius 2 is 1.96 bits per heavy atom. The zero-order chi connectivity index (χ0) is 18.4. The van der Waals surface area contributed by atoms with E-state index in [1.807, 2.05) is 12.2 Å². The van der Waals surface area contributed by atoms with Crippen LogP contribution >= 0.6 is 0 Å². The van der Waals surface area contributed by atoms with E-state index in [1.54, 1.807) is 19.1 Å². The van der Waals surface area contributed by atoms with Gasteiger partial charge in [0.1, 0.15) is 0 Å². The number of esters is 1. The molecule has 2 rings (SSSR count). The van der Waals surface area contributed by atoms with Crippen molar-refractivity contribution < 1.29 is 22.7 Å². The van der Waals surface area contributed by atoms with E-state index in [0.717, 1.165) is 12.8 Å². The topological polar surface area (TPSA) is 116 Å². The second-order valence-corrected chi connectivity index (χ2v) is 7.55. The van der Waals surface area contributed by atoms with Gasteiger partial charge in [-0.2, -0.15) is 0 Å². The van der Waals surface area contributed by atoms with Crippen molar-refractivity contribution in [1.82, 2.24) is 5.32 Å². The minimum Gasteiger partial charge on any atom is -0.455 e. The summed E-state index contributed by atoms with van der Waals surface area (Å²) in [4.78, 5) is 23.8. The van der Waals surface area contributed by atoms with Gasteiger partial charge in [0.15, 0.2) is 6.61 Å². The first kappa shape index (κ1) is 19.1. The second kappa shape index (κ2) is 8.26. The van der Waals surface area contributed by atoms with E-state index in [0.29, 0.717) is 12.0 Å². The number of carbonyl (C=O) groups excluding carboxylic acids is 2. The number of amides is 1. The number of allylic oxidation sites excluding steroid dienone is 2. The van der Waals surface area contributed by atoms with Crippen LogP contribution in [0.1, 0.15) is 37.8 Å². The normalized spacial score (nSPS) is 18.4. The number of nitrogens with one attached hydrogen (secondary N) is 1. The largest absolute Gasteiger partial charge is 0.455 e. The van der Waals surface area contributed by atoms with Crippen LogP contribution in [0.2, 0.25) is 0 Å². The minimum absolute atomic E-state index is 0.00485. The molecule has 3 N–H and O–H groups in total. The van der Waals surface area contributed by atoms with E-state index in [2.05, 4.69) is 5.32 Å². The number of benzene rings is 1. The van der Waals surface area contributed by atoms with Crippen LogP contribution in [0.4, 0.5) is 0 Å². The van der Waals surface area contributed by atoms with E-state index >= 15 is 0 Å². The smallest absolute Gasteiger partial charge is 0.309 e.